The van der Waals surface area contributed by atoms with Gasteiger partial charge < -0.3 is 0 Å². The van der Waals surface area contributed by atoms with E-state index >= 15 is 0 Å². The molecule has 2 aromatic carbocycles. The third-order valence-corrected chi connectivity index (χ3v) is 6.05. The quantitative estimate of drug-likeness (QED) is 0.231. The molecule has 0 unspecified atom stereocenters. The fraction of sp³-hybridized carbons (Fsp3) is 0.0769. The van der Waals surface area contributed by atoms with E-state index in [2.05, 4.69) is 0 Å². The Hall–Kier alpha value is -1.06. The number of alkyl halides is 3. The number of hydrogen-bond donors (Lipinski definition) is 0. The summed E-state index contributed by atoms with van der Waals surface area (Å²) in [6.45, 7) is 0. The fourth-order valence-electron chi connectivity index (χ4n) is 1.89. The van der Waals surface area contributed by atoms with Crippen molar-refractivity contribution >= 4 is 30.5 Å². The zero-order valence-electron chi connectivity index (χ0n) is 11.8. The molecule has 0 N–H and O–H groups in total. The van der Waals surface area contributed by atoms with Crippen LogP contribution in [0.1, 0.15) is 0 Å². The number of benzene rings is 2. The summed E-state index contributed by atoms with van der Waals surface area (Å²) in [6, 6.07) is 13.5. The van der Waals surface area contributed by atoms with Gasteiger partial charge in [-0.05, 0) is 24.3 Å². The van der Waals surface area contributed by atoms with Crippen molar-refractivity contribution in [3.8, 4) is 0 Å². The van der Waals surface area contributed by atoms with Gasteiger partial charge in [0.15, 0.2) is 20.7 Å². The maximum absolute atomic E-state index is 13.3. The summed E-state index contributed by atoms with van der Waals surface area (Å²) in [6.07, 6.45) is 0. The van der Waals surface area contributed by atoms with Gasteiger partial charge in [0.2, 0.25) is 0 Å². The molecule has 0 atom stereocenters. The van der Waals surface area contributed by atoms with Crippen LogP contribution in [0.15, 0.2) is 68.1 Å². The molecule has 25 heavy (non-hydrogen) atoms. The normalized spacial score (nSPS) is 17.3. The van der Waals surface area contributed by atoms with Gasteiger partial charge in [-0.3, -0.25) is 0 Å². The van der Waals surface area contributed by atoms with Crippen molar-refractivity contribution in [2.45, 2.75) is 25.1 Å². The Morgan fingerprint density at radius 2 is 1.00 bits per heavy atom. The fourth-order valence-corrected chi connectivity index (χ4v) is 5.21. The summed E-state index contributed by atoms with van der Waals surface area (Å²) >= 11 is 1.41. The average molecular weight is 430 g/mol. The van der Waals surface area contributed by atoms with Gasteiger partial charge in [-0.2, -0.15) is 0 Å². The van der Waals surface area contributed by atoms with Crippen LogP contribution in [0.2, 0.25) is 0 Å². The van der Waals surface area contributed by atoms with Gasteiger partial charge in [0, 0.05) is 0 Å². The van der Waals surface area contributed by atoms with E-state index < -0.39 is 24.2 Å². The minimum atomic E-state index is -10.7. The van der Waals surface area contributed by atoms with E-state index in [9.17, 15) is 38.4 Å². The minimum absolute atomic E-state index is 0.383. The monoisotopic (exact) mass is 430 g/mol. The molecule has 2 aromatic rings. The van der Waals surface area contributed by atoms with Crippen LogP contribution in [0.4, 0.5) is 38.4 Å². The topological polar surface area (TPSA) is 0 Å². The molecule has 3 rings (SSSR count). The molecule has 1 aliphatic heterocycles. The molecule has 0 radical (unpaired) electrons. The van der Waals surface area contributed by atoms with Gasteiger partial charge in [-0.25, -0.2) is 0 Å². The van der Waals surface area contributed by atoms with Crippen molar-refractivity contribution in [1.29, 1.82) is 0 Å². The molecule has 0 saturated heterocycles. The van der Waals surface area contributed by atoms with E-state index in [-0.39, 0.29) is 0 Å². The Labute approximate surface area is 143 Å². The van der Waals surface area contributed by atoms with Crippen molar-refractivity contribution in [2.24, 2.45) is 0 Å². The van der Waals surface area contributed by atoms with E-state index in [1.165, 1.54) is 11.8 Å². The first kappa shape index (κ1) is 20.3. The predicted octanol–water partition coefficient (Wildman–Crippen LogP) is 8.09. The first-order valence-corrected chi connectivity index (χ1v) is 10.3. The van der Waals surface area contributed by atoms with Crippen molar-refractivity contribution in [2.75, 3.05) is 0 Å². The van der Waals surface area contributed by atoms with Crippen LogP contribution >= 0.6 is 19.6 Å². The summed E-state index contributed by atoms with van der Waals surface area (Å²) in [4.78, 5) is 2.18. The Morgan fingerprint density at radius 1 is 0.680 bits per heavy atom. The number of fused-ring (bicyclic) bond motifs is 2. The molecule has 1 heterocycles. The SMILES string of the molecule is FC(F)(F)[S+]1c2ccccc2Sc2ccccc21.F[P-](F)(F)(F)(F)F. The van der Waals surface area contributed by atoms with Gasteiger partial charge in [0.05, 0.1) is 9.79 Å². The maximum atomic E-state index is 13.3. The van der Waals surface area contributed by atoms with Gasteiger partial charge in [0.25, 0.3) is 0 Å². The summed E-state index contributed by atoms with van der Waals surface area (Å²) in [5.41, 5.74) is -4.23. The van der Waals surface area contributed by atoms with Crippen molar-refractivity contribution in [1.82, 2.24) is 0 Å². The second-order valence-electron chi connectivity index (χ2n) is 4.71. The molecule has 1 aliphatic rings. The van der Waals surface area contributed by atoms with Crippen LogP contribution in [-0.4, -0.2) is 5.51 Å². The molecular weight excluding hydrogens is 422 g/mol. The summed E-state index contributed by atoms with van der Waals surface area (Å²) in [5.74, 6) is 0. The van der Waals surface area contributed by atoms with Crippen LogP contribution < -0.4 is 0 Å². The molecule has 0 spiro atoms. The zero-order valence-corrected chi connectivity index (χ0v) is 14.3. The third kappa shape index (κ3) is 6.63. The third-order valence-electron chi connectivity index (χ3n) is 2.59. The molecule has 0 aromatic heterocycles. The standard InChI is InChI=1S/C13H8F3S2.F6P/c14-13(15,16)18-11-7-3-1-5-9(11)17-10-6-2-4-8-12(10)18;1-7(2,3,4,5)6/h1-8H;/q+1;-1. The predicted molar refractivity (Wildman–Crippen MR) is 80.5 cm³/mol. The average Bonchev–Trinajstić information content (AvgIpc) is 2.40. The molecular formula is C13H8F9PS2. The first-order chi connectivity index (χ1) is 11.0. The van der Waals surface area contributed by atoms with Crippen LogP contribution in [0.3, 0.4) is 0 Å². The van der Waals surface area contributed by atoms with Gasteiger partial charge >= 0.3 is 38.5 Å². The van der Waals surface area contributed by atoms with E-state index in [1.807, 2.05) is 0 Å². The molecule has 0 bridgehead atoms. The Balaban J connectivity index is 0.000000277. The molecule has 0 aliphatic carbocycles. The molecule has 0 amide bonds. The second-order valence-corrected chi connectivity index (χ2v) is 9.66. The molecule has 0 saturated carbocycles. The number of hydrogen-bond acceptors (Lipinski definition) is 1. The zero-order chi connectivity index (χ0) is 19.2. The Kier molecular flexibility index (Phi) is 4.63. The van der Waals surface area contributed by atoms with Crippen molar-refractivity contribution in [3.63, 3.8) is 0 Å². The van der Waals surface area contributed by atoms with E-state index in [1.54, 1.807) is 48.5 Å². The number of rotatable bonds is 0. The van der Waals surface area contributed by atoms with Crippen LogP contribution in [0.25, 0.3) is 0 Å². The molecule has 0 nitrogen and oxygen atoms in total. The first-order valence-electron chi connectivity index (χ1n) is 6.26. The van der Waals surface area contributed by atoms with Gasteiger partial charge in [-0.15, -0.1) is 13.2 Å². The number of halogens is 9. The van der Waals surface area contributed by atoms with Crippen LogP contribution in [0.5, 0.6) is 0 Å². The molecule has 0 fully saturated rings. The van der Waals surface area contributed by atoms with Crippen molar-refractivity contribution < 1.29 is 38.4 Å². The van der Waals surface area contributed by atoms with E-state index in [0.29, 0.717) is 19.6 Å². The molecule has 12 heteroatoms. The summed E-state index contributed by atoms with van der Waals surface area (Å²) in [7, 11) is -12.5. The van der Waals surface area contributed by atoms with Crippen molar-refractivity contribution in [3.05, 3.63) is 48.5 Å². The molecule has 140 valence electrons. The summed E-state index contributed by atoms with van der Waals surface area (Å²) in [5, 5.41) is 0. The van der Waals surface area contributed by atoms with Gasteiger partial charge in [-0.1, -0.05) is 36.0 Å². The Bertz CT molecular complexity index is 727. The van der Waals surface area contributed by atoms with E-state index in [4.69, 9.17) is 0 Å². The van der Waals surface area contributed by atoms with Gasteiger partial charge in [0.1, 0.15) is 0 Å². The van der Waals surface area contributed by atoms with E-state index in [0.717, 1.165) is 0 Å². The van der Waals surface area contributed by atoms with Crippen LogP contribution in [0, 0.1) is 0 Å². The van der Waals surface area contributed by atoms with Crippen LogP contribution in [-0.2, 0) is 10.9 Å². The second kappa shape index (κ2) is 5.72. The summed E-state index contributed by atoms with van der Waals surface area (Å²) < 4.78 is 99.1. The Morgan fingerprint density at radius 3 is 1.32 bits per heavy atom.